The first-order valence-electron chi connectivity index (χ1n) is 3.55. The van der Waals surface area contributed by atoms with E-state index in [4.69, 9.17) is 16.9 Å². The van der Waals surface area contributed by atoms with Crippen LogP contribution in [0.3, 0.4) is 0 Å². The summed E-state index contributed by atoms with van der Waals surface area (Å²) in [7, 11) is 0. The first-order chi connectivity index (χ1) is 5.77. The Kier molecular flexibility index (Phi) is 2.90. The molecule has 1 rings (SSSR count). The van der Waals surface area contributed by atoms with Gasteiger partial charge in [-0.15, -0.1) is 0 Å². The molecule has 0 unspecified atom stereocenters. The molecule has 0 atom stereocenters. The molecule has 0 aliphatic heterocycles. The average molecular weight is 178 g/mol. The van der Waals surface area contributed by atoms with Gasteiger partial charge in [-0.25, -0.2) is 0 Å². The zero-order valence-electron chi connectivity index (χ0n) is 6.71. The van der Waals surface area contributed by atoms with Gasteiger partial charge in [-0.2, -0.15) is 5.26 Å². The third kappa shape index (κ3) is 1.87. The van der Waals surface area contributed by atoms with Gasteiger partial charge in [0.15, 0.2) is 0 Å². The van der Waals surface area contributed by atoms with Crippen LogP contribution in [-0.2, 0) is 0 Å². The molecular weight excluding hydrogens is 170 g/mol. The van der Waals surface area contributed by atoms with Gasteiger partial charge in [0.05, 0.1) is 11.6 Å². The highest BCUT2D eigenvalue weighted by atomic mass is 35.5. The third-order valence-electron chi connectivity index (χ3n) is 1.61. The van der Waals surface area contributed by atoms with Gasteiger partial charge in [-0.05, 0) is 30.2 Å². The maximum Gasteiger partial charge on any atom is 0.0991 e. The zero-order chi connectivity index (χ0) is 8.97. The molecule has 0 bridgehead atoms. The van der Waals surface area contributed by atoms with E-state index >= 15 is 0 Å². The summed E-state index contributed by atoms with van der Waals surface area (Å²) in [5.41, 5.74) is 4.12. The Labute approximate surface area is 76.9 Å². The Bertz CT molecular complexity index is 347. The van der Waals surface area contributed by atoms with Crippen LogP contribution in [0.2, 0.25) is 0 Å². The van der Waals surface area contributed by atoms with Crippen LogP contribution in [0.25, 0.3) is 5.57 Å². The first-order valence-corrected chi connectivity index (χ1v) is 3.99. The molecule has 1 aromatic rings. The molecule has 0 radical (unpaired) electrons. The number of allylic oxidation sites excluding steroid dienone is 1. The number of nitriles is 1. The molecule has 0 saturated carbocycles. The van der Waals surface area contributed by atoms with Crippen LogP contribution in [0.4, 0.5) is 0 Å². The minimum absolute atomic E-state index is 0.658. The lowest BCUT2D eigenvalue weighted by Crippen LogP contribution is -1.80. The van der Waals surface area contributed by atoms with Crippen LogP contribution in [0.5, 0.6) is 0 Å². The summed E-state index contributed by atoms with van der Waals surface area (Å²) in [5, 5.41) is 8.61. The monoisotopic (exact) mass is 177 g/mol. The Hall–Kier alpha value is -1.26. The summed E-state index contributed by atoms with van der Waals surface area (Å²) >= 11 is 5.54. The lowest BCUT2D eigenvalue weighted by Gasteiger charge is -1.98. The van der Waals surface area contributed by atoms with Crippen molar-refractivity contribution < 1.29 is 0 Å². The van der Waals surface area contributed by atoms with Crippen molar-refractivity contribution in [1.82, 2.24) is 0 Å². The van der Waals surface area contributed by atoms with Crippen LogP contribution in [0.15, 0.2) is 29.8 Å². The standard InChI is InChI=1S/C10H8ClN/c1-8(6-11)10-4-2-3-9(5-10)7-12/h2-6H,1H3. The quantitative estimate of drug-likeness (QED) is 0.647. The summed E-state index contributed by atoms with van der Waals surface area (Å²) in [6.45, 7) is 1.91. The normalized spacial score (nSPS) is 10.9. The summed E-state index contributed by atoms with van der Waals surface area (Å²) in [4.78, 5) is 0. The van der Waals surface area contributed by atoms with Crippen molar-refractivity contribution in [3.8, 4) is 6.07 Å². The predicted molar refractivity (Wildman–Crippen MR) is 50.7 cm³/mol. The molecule has 0 fully saturated rings. The molecule has 0 aromatic heterocycles. The molecule has 0 aliphatic rings. The van der Waals surface area contributed by atoms with Crippen molar-refractivity contribution in [2.24, 2.45) is 0 Å². The summed E-state index contributed by atoms with van der Waals surface area (Å²) < 4.78 is 0. The number of hydrogen-bond donors (Lipinski definition) is 0. The second kappa shape index (κ2) is 3.94. The highest BCUT2D eigenvalue weighted by Crippen LogP contribution is 2.15. The van der Waals surface area contributed by atoms with Crippen molar-refractivity contribution in [3.05, 3.63) is 40.9 Å². The van der Waals surface area contributed by atoms with E-state index in [-0.39, 0.29) is 0 Å². The van der Waals surface area contributed by atoms with E-state index in [1.165, 1.54) is 5.54 Å². The minimum atomic E-state index is 0.658. The topological polar surface area (TPSA) is 23.8 Å². The lowest BCUT2D eigenvalue weighted by atomic mass is 10.1. The molecule has 60 valence electrons. The smallest absolute Gasteiger partial charge is 0.0991 e. The van der Waals surface area contributed by atoms with Crippen LogP contribution in [0, 0.1) is 11.3 Å². The molecule has 0 heterocycles. The summed E-state index contributed by atoms with van der Waals surface area (Å²) in [5.74, 6) is 0. The van der Waals surface area contributed by atoms with Gasteiger partial charge in [0.1, 0.15) is 0 Å². The molecular formula is C10H8ClN. The van der Waals surface area contributed by atoms with Gasteiger partial charge >= 0.3 is 0 Å². The first kappa shape index (κ1) is 8.83. The van der Waals surface area contributed by atoms with Crippen molar-refractivity contribution >= 4 is 17.2 Å². The molecule has 1 aromatic carbocycles. The van der Waals surface area contributed by atoms with E-state index in [0.29, 0.717) is 5.56 Å². The fraction of sp³-hybridized carbons (Fsp3) is 0.100. The second-order valence-corrected chi connectivity index (χ2v) is 2.70. The largest absolute Gasteiger partial charge is 0.192 e. The molecule has 0 amide bonds. The van der Waals surface area contributed by atoms with E-state index in [1.807, 2.05) is 25.1 Å². The van der Waals surface area contributed by atoms with E-state index in [2.05, 4.69) is 6.07 Å². The van der Waals surface area contributed by atoms with E-state index in [0.717, 1.165) is 11.1 Å². The van der Waals surface area contributed by atoms with Gasteiger partial charge in [-0.1, -0.05) is 23.7 Å². The van der Waals surface area contributed by atoms with E-state index in [1.54, 1.807) is 6.07 Å². The van der Waals surface area contributed by atoms with Crippen molar-refractivity contribution in [2.45, 2.75) is 6.92 Å². The summed E-state index contributed by atoms with van der Waals surface area (Å²) in [6, 6.07) is 9.43. The Balaban J connectivity index is 3.12. The number of rotatable bonds is 1. The molecule has 2 heteroatoms. The third-order valence-corrected chi connectivity index (χ3v) is 1.94. The van der Waals surface area contributed by atoms with Crippen LogP contribution < -0.4 is 0 Å². The minimum Gasteiger partial charge on any atom is -0.192 e. The van der Waals surface area contributed by atoms with Gasteiger partial charge < -0.3 is 0 Å². The molecule has 1 nitrogen and oxygen atoms in total. The molecule has 0 N–H and O–H groups in total. The van der Waals surface area contributed by atoms with Crippen molar-refractivity contribution in [3.63, 3.8) is 0 Å². The molecule has 0 spiro atoms. The van der Waals surface area contributed by atoms with Crippen LogP contribution >= 0.6 is 11.6 Å². The SMILES string of the molecule is CC(=CCl)c1cccc(C#N)c1. The number of nitrogens with zero attached hydrogens (tertiary/aromatic N) is 1. The fourth-order valence-corrected chi connectivity index (χ4v) is 1.02. The molecule has 12 heavy (non-hydrogen) atoms. The van der Waals surface area contributed by atoms with Gasteiger partial charge in [0.2, 0.25) is 0 Å². The highest BCUT2D eigenvalue weighted by molar-refractivity contribution is 6.28. The summed E-state index contributed by atoms with van der Waals surface area (Å²) in [6.07, 6.45) is 0. The van der Waals surface area contributed by atoms with Gasteiger partial charge in [0.25, 0.3) is 0 Å². The Morgan fingerprint density at radius 3 is 2.92 bits per heavy atom. The highest BCUT2D eigenvalue weighted by Gasteiger charge is 1.95. The van der Waals surface area contributed by atoms with Gasteiger partial charge in [0, 0.05) is 5.54 Å². The zero-order valence-corrected chi connectivity index (χ0v) is 7.47. The maximum atomic E-state index is 8.61. The average Bonchev–Trinajstić information content (AvgIpc) is 2.17. The number of halogens is 1. The van der Waals surface area contributed by atoms with Gasteiger partial charge in [-0.3, -0.25) is 0 Å². The predicted octanol–water partition coefficient (Wildman–Crippen LogP) is 3.16. The van der Waals surface area contributed by atoms with Crippen molar-refractivity contribution in [2.75, 3.05) is 0 Å². The Morgan fingerprint density at radius 2 is 2.33 bits per heavy atom. The maximum absolute atomic E-state index is 8.61. The van der Waals surface area contributed by atoms with Crippen LogP contribution in [0.1, 0.15) is 18.1 Å². The van der Waals surface area contributed by atoms with E-state index in [9.17, 15) is 0 Å². The lowest BCUT2D eigenvalue weighted by molar-refractivity contribution is 1.47. The Morgan fingerprint density at radius 1 is 1.58 bits per heavy atom. The second-order valence-electron chi connectivity index (χ2n) is 2.48. The number of hydrogen-bond acceptors (Lipinski definition) is 1. The molecule has 0 saturated heterocycles. The van der Waals surface area contributed by atoms with E-state index < -0.39 is 0 Å². The van der Waals surface area contributed by atoms with Crippen LogP contribution in [-0.4, -0.2) is 0 Å². The number of benzene rings is 1. The fourth-order valence-electron chi connectivity index (χ4n) is 0.897. The van der Waals surface area contributed by atoms with Crippen molar-refractivity contribution in [1.29, 1.82) is 5.26 Å². The molecule has 0 aliphatic carbocycles.